The largest absolute Gasteiger partial charge is 0.496 e. The van der Waals surface area contributed by atoms with Crippen LogP contribution in [0.15, 0.2) is 12.1 Å². The van der Waals surface area contributed by atoms with Crippen LogP contribution in [-0.4, -0.2) is 7.11 Å². The third kappa shape index (κ3) is 2.69. The molecule has 0 saturated carbocycles. The molecule has 0 aliphatic heterocycles. The van der Waals surface area contributed by atoms with Crippen LogP contribution in [0, 0.1) is 0 Å². The lowest BCUT2D eigenvalue weighted by Gasteiger charge is -2.13. The Labute approximate surface area is 94.7 Å². The summed E-state index contributed by atoms with van der Waals surface area (Å²) >= 11 is 11.0. The van der Waals surface area contributed by atoms with Crippen LogP contribution >= 0.6 is 23.2 Å². The van der Waals surface area contributed by atoms with Crippen molar-refractivity contribution < 1.29 is 17.9 Å². The molecular formula is C9H7Cl2F3O. The first-order valence-corrected chi connectivity index (χ1v) is 4.81. The molecule has 0 heterocycles. The molecule has 0 atom stereocenters. The lowest BCUT2D eigenvalue weighted by atomic mass is 10.1. The van der Waals surface area contributed by atoms with Gasteiger partial charge in [-0.1, -0.05) is 11.6 Å². The number of ether oxygens (including phenoxy) is 1. The fourth-order valence-electron chi connectivity index (χ4n) is 1.11. The quantitative estimate of drug-likeness (QED) is 0.726. The highest BCUT2D eigenvalue weighted by atomic mass is 35.5. The maximum Gasteiger partial charge on any atom is 0.417 e. The van der Waals surface area contributed by atoms with E-state index in [-0.39, 0.29) is 16.7 Å². The Balaban J connectivity index is 3.32. The first kappa shape index (κ1) is 12.5. The zero-order valence-electron chi connectivity index (χ0n) is 7.66. The lowest BCUT2D eigenvalue weighted by molar-refractivity contribution is -0.137. The number of methoxy groups -OCH3 is 1. The number of rotatable bonds is 2. The fraction of sp³-hybridized carbons (Fsp3) is 0.333. The Kier molecular flexibility index (Phi) is 3.73. The molecule has 0 unspecified atom stereocenters. The second kappa shape index (κ2) is 4.49. The van der Waals surface area contributed by atoms with Gasteiger partial charge in [0.1, 0.15) is 5.75 Å². The smallest absolute Gasteiger partial charge is 0.417 e. The molecule has 1 rings (SSSR count). The van der Waals surface area contributed by atoms with Gasteiger partial charge in [-0.05, 0) is 12.1 Å². The van der Waals surface area contributed by atoms with Gasteiger partial charge in [-0.15, -0.1) is 11.6 Å². The van der Waals surface area contributed by atoms with Crippen molar-refractivity contribution in [3.63, 3.8) is 0 Å². The summed E-state index contributed by atoms with van der Waals surface area (Å²) in [5.41, 5.74) is -0.493. The molecule has 0 amide bonds. The van der Waals surface area contributed by atoms with Gasteiger partial charge in [-0.3, -0.25) is 0 Å². The Morgan fingerprint density at radius 3 is 2.33 bits per heavy atom. The summed E-state index contributed by atoms with van der Waals surface area (Å²) in [7, 11) is 1.28. The number of alkyl halides is 4. The molecule has 0 saturated heterocycles. The first-order chi connectivity index (χ1) is 6.90. The Morgan fingerprint density at radius 1 is 1.33 bits per heavy atom. The Hall–Kier alpha value is -0.610. The van der Waals surface area contributed by atoms with Crippen molar-refractivity contribution in [2.75, 3.05) is 7.11 Å². The summed E-state index contributed by atoms with van der Waals surface area (Å²) in [6.45, 7) is 0. The molecule has 1 aromatic carbocycles. The molecule has 1 aromatic rings. The van der Waals surface area contributed by atoms with Crippen LogP contribution in [0.5, 0.6) is 5.75 Å². The van der Waals surface area contributed by atoms with Crippen molar-refractivity contribution in [3.8, 4) is 5.75 Å². The molecular weight excluding hydrogens is 252 g/mol. The predicted octanol–water partition coefficient (Wildman–Crippen LogP) is 4.11. The van der Waals surface area contributed by atoms with Crippen LogP contribution < -0.4 is 4.74 Å². The average Bonchev–Trinajstić information content (AvgIpc) is 2.15. The van der Waals surface area contributed by atoms with Crippen molar-refractivity contribution in [3.05, 3.63) is 28.3 Å². The lowest BCUT2D eigenvalue weighted by Crippen LogP contribution is -2.07. The summed E-state index contributed by atoms with van der Waals surface area (Å²) in [4.78, 5) is 0. The predicted molar refractivity (Wildman–Crippen MR) is 52.6 cm³/mol. The average molecular weight is 259 g/mol. The molecule has 0 bridgehead atoms. The van der Waals surface area contributed by atoms with Crippen molar-refractivity contribution >= 4 is 23.2 Å². The number of halogens is 5. The third-order valence-electron chi connectivity index (χ3n) is 1.82. The van der Waals surface area contributed by atoms with Crippen LogP contribution in [0.4, 0.5) is 13.2 Å². The van der Waals surface area contributed by atoms with E-state index >= 15 is 0 Å². The van der Waals surface area contributed by atoms with E-state index in [4.69, 9.17) is 27.9 Å². The molecule has 0 radical (unpaired) electrons. The van der Waals surface area contributed by atoms with Gasteiger partial charge < -0.3 is 4.74 Å². The molecule has 1 nitrogen and oxygen atoms in total. The van der Waals surface area contributed by atoms with Crippen molar-refractivity contribution in [2.24, 2.45) is 0 Å². The molecule has 84 valence electrons. The van der Waals surface area contributed by atoms with Crippen molar-refractivity contribution in [1.82, 2.24) is 0 Å². The van der Waals surface area contributed by atoms with Crippen LogP contribution in [0.3, 0.4) is 0 Å². The van der Waals surface area contributed by atoms with Crippen molar-refractivity contribution in [2.45, 2.75) is 12.1 Å². The van der Waals surface area contributed by atoms with Crippen LogP contribution in [0.1, 0.15) is 11.1 Å². The van der Waals surface area contributed by atoms with Gasteiger partial charge >= 0.3 is 6.18 Å². The summed E-state index contributed by atoms with van der Waals surface area (Å²) in [5, 5.41) is -0.376. The molecule has 0 fully saturated rings. The molecule has 6 heteroatoms. The van der Waals surface area contributed by atoms with Gasteiger partial charge in [0.05, 0.1) is 23.6 Å². The number of benzene rings is 1. The highest BCUT2D eigenvalue weighted by molar-refractivity contribution is 6.31. The minimum Gasteiger partial charge on any atom is -0.496 e. The van der Waals surface area contributed by atoms with E-state index in [2.05, 4.69) is 0 Å². The Morgan fingerprint density at radius 2 is 1.93 bits per heavy atom. The maximum absolute atomic E-state index is 12.4. The number of hydrogen-bond acceptors (Lipinski definition) is 1. The topological polar surface area (TPSA) is 9.23 Å². The summed E-state index contributed by atoms with van der Waals surface area (Å²) in [6, 6.07) is 2.01. The van der Waals surface area contributed by atoms with E-state index in [1.54, 1.807) is 0 Å². The second-order valence-corrected chi connectivity index (χ2v) is 3.45. The van der Waals surface area contributed by atoms with Crippen LogP contribution in [0.2, 0.25) is 5.02 Å². The van der Waals surface area contributed by atoms with Gasteiger partial charge in [0.2, 0.25) is 0 Å². The van der Waals surface area contributed by atoms with Gasteiger partial charge in [-0.25, -0.2) is 0 Å². The van der Waals surface area contributed by atoms with E-state index in [1.807, 2.05) is 0 Å². The van der Waals surface area contributed by atoms with Gasteiger partial charge in [-0.2, -0.15) is 13.2 Å². The minimum atomic E-state index is -4.49. The molecule has 0 N–H and O–H groups in total. The first-order valence-electron chi connectivity index (χ1n) is 3.89. The second-order valence-electron chi connectivity index (χ2n) is 2.78. The van der Waals surface area contributed by atoms with Gasteiger partial charge in [0, 0.05) is 5.56 Å². The van der Waals surface area contributed by atoms with Gasteiger partial charge in [0.25, 0.3) is 0 Å². The normalized spacial score (nSPS) is 11.6. The van der Waals surface area contributed by atoms with E-state index in [1.165, 1.54) is 7.11 Å². The minimum absolute atomic E-state index is 0.0427. The molecule has 0 aliphatic rings. The summed E-state index contributed by atoms with van der Waals surface area (Å²) in [6.07, 6.45) is -4.49. The highest BCUT2D eigenvalue weighted by Crippen LogP contribution is 2.38. The highest BCUT2D eigenvalue weighted by Gasteiger charge is 2.34. The molecule has 15 heavy (non-hydrogen) atoms. The number of hydrogen-bond donors (Lipinski definition) is 0. The zero-order valence-corrected chi connectivity index (χ0v) is 9.17. The van der Waals surface area contributed by atoms with E-state index in [9.17, 15) is 13.2 Å². The molecule has 0 aliphatic carbocycles. The van der Waals surface area contributed by atoms with E-state index in [0.717, 1.165) is 12.1 Å². The molecule has 0 spiro atoms. The summed E-state index contributed by atoms with van der Waals surface area (Å²) < 4.78 is 42.1. The fourth-order valence-corrected chi connectivity index (χ4v) is 1.61. The van der Waals surface area contributed by atoms with Gasteiger partial charge in [0.15, 0.2) is 0 Å². The van der Waals surface area contributed by atoms with E-state index in [0.29, 0.717) is 5.56 Å². The summed E-state index contributed by atoms with van der Waals surface area (Å²) in [5.74, 6) is 0.128. The monoisotopic (exact) mass is 258 g/mol. The Bertz CT molecular complexity index is 363. The molecule has 0 aromatic heterocycles. The van der Waals surface area contributed by atoms with Crippen LogP contribution in [-0.2, 0) is 12.1 Å². The standard InChI is InChI=1S/C9H7Cl2F3O/c1-15-8-3-6(9(12,13)14)7(11)2-5(8)4-10/h2-3H,4H2,1H3. The van der Waals surface area contributed by atoms with Crippen molar-refractivity contribution in [1.29, 1.82) is 0 Å². The zero-order chi connectivity index (χ0) is 11.6. The van der Waals surface area contributed by atoms with Crippen LogP contribution in [0.25, 0.3) is 0 Å². The maximum atomic E-state index is 12.4. The van der Waals surface area contributed by atoms with E-state index < -0.39 is 11.7 Å². The SMILES string of the molecule is COc1cc(C(F)(F)F)c(Cl)cc1CCl. The third-order valence-corrected chi connectivity index (χ3v) is 2.42.